The van der Waals surface area contributed by atoms with Crippen molar-refractivity contribution >= 4 is 16.6 Å². The second-order valence-corrected chi connectivity index (χ2v) is 8.49. The van der Waals surface area contributed by atoms with Gasteiger partial charge in [-0.15, -0.1) is 0 Å². The number of benzene rings is 1. The summed E-state index contributed by atoms with van der Waals surface area (Å²) in [7, 11) is 0. The molecular weight excluding hydrogens is 393 g/mol. The van der Waals surface area contributed by atoms with Crippen LogP contribution >= 0.6 is 0 Å². The van der Waals surface area contributed by atoms with Gasteiger partial charge in [-0.05, 0) is 55.0 Å². The first kappa shape index (κ1) is 19.7. The molecule has 1 aromatic carbocycles. The van der Waals surface area contributed by atoms with Crippen LogP contribution in [-0.4, -0.2) is 47.1 Å². The SMILES string of the molecule is N#Cc1ccc(N2CCN([C@@H]3CC[C@@H](c4cc5ccc(F)cc5c(=O)[nH]4)C3)CC2)nc1. The van der Waals surface area contributed by atoms with Gasteiger partial charge in [0.05, 0.1) is 5.56 Å². The van der Waals surface area contributed by atoms with E-state index >= 15 is 0 Å². The molecule has 5 rings (SSSR count). The monoisotopic (exact) mass is 417 g/mol. The van der Waals surface area contributed by atoms with E-state index in [9.17, 15) is 9.18 Å². The molecule has 1 saturated carbocycles. The van der Waals surface area contributed by atoms with Crippen LogP contribution in [0.3, 0.4) is 0 Å². The Morgan fingerprint density at radius 2 is 1.94 bits per heavy atom. The zero-order valence-corrected chi connectivity index (χ0v) is 17.2. The highest BCUT2D eigenvalue weighted by Gasteiger charge is 2.32. The van der Waals surface area contributed by atoms with Crippen molar-refractivity contribution in [2.45, 2.75) is 31.2 Å². The Bertz CT molecular complexity index is 1190. The van der Waals surface area contributed by atoms with E-state index < -0.39 is 0 Å². The number of hydrogen-bond donors (Lipinski definition) is 1. The van der Waals surface area contributed by atoms with Gasteiger partial charge < -0.3 is 9.88 Å². The summed E-state index contributed by atoms with van der Waals surface area (Å²) >= 11 is 0. The van der Waals surface area contributed by atoms with E-state index in [1.165, 1.54) is 12.1 Å². The Balaban J connectivity index is 1.23. The molecule has 0 bridgehead atoms. The number of rotatable bonds is 3. The van der Waals surface area contributed by atoms with Crippen LogP contribution < -0.4 is 10.5 Å². The molecule has 1 aliphatic heterocycles. The van der Waals surface area contributed by atoms with Crippen LogP contribution in [0, 0.1) is 17.1 Å². The zero-order chi connectivity index (χ0) is 21.4. The van der Waals surface area contributed by atoms with E-state index in [0.29, 0.717) is 22.9 Å². The van der Waals surface area contributed by atoms with Crippen molar-refractivity contribution < 1.29 is 4.39 Å². The van der Waals surface area contributed by atoms with Gasteiger partial charge in [-0.2, -0.15) is 5.26 Å². The van der Waals surface area contributed by atoms with E-state index in [1.807, 2.05) is 18.2 Å². The highest BCUT2D eigenvalue weighted by molar-refractivity contribution is 5.81. The topological polar surface area (TPSA) is 76.0 Å². The Labute approximate surface area is 179 Å². The predicted octanol–water partition coefficient (Wildman–Crippen LogP) is 3.39. The number of aromatic nitrogens is 2. The van der Waals surface area contributed by atoms with Crippen LogP contribution in [0.2, 0.25) is 0 Å². The van der Waals surface area contributed by atoms with Gasteiger partial charge in [-0.25, -0.2) is 9.37 Å². The van der Waals surface area contributed by atoms with E-state index in [1.54, 1.807) is 12.3 Å². The van der Waals surface area contributed by atoms with Crippen LogP contribution in [-0.2, 0) is 0 Å². The molecule has 2 atom stereocenters. The fraction of sp³-hybridized carbons (Fsp3) is 0.375. The van der Waals surface area contributed by atoms with E-state index in [4.69, 9.17) is 5.26 Å². The number of piperazine rings is 1. The average Bonchev–Trinajstić information content (AvgIpc) is 3.30. The Kier molecular flexibility index (Phi) is 5.16. The molecule has 1 N–H and O–H groups in total. The summed E-state index contributed by atoms with van der Waals surface area (Å²) in [6.45, 7) is 3.79. The van der Waals surface area contributed by atoms with Crippen molar-refractivity contribution in [3.63, 3.8) is 0 Å². The summed E-state index contributed by atoms with van der Waals surface area (Å²) < 4.78 is 13.5. The van der Waals surface area contributed by atoms with Crippen molar-refractivity contribution in [1.82, 2.24) is 14.9 Å². The fourth-order valence-electron chi connectivity index (χ4n) is 5.00. The molecule has 0 amide bonds. The van der Waals surface area contributed by atoms with Crippen molar-refractivity contribution in [3.05, 3.63) is 70.0 Å². The van der Waals surface area contributed by atoms with Gasteiger partial charge >= 0.3 is 0 Å². The highest BCUT2D eigenvalue weighted by Crippen LogP contribution is 2.37. The summed E-state index contributed by atoms with van der Waals surface area (Å²) in [4.78, 5) is 24.7. The number of fused-ring (bicyclic) bond motifs is 1. The summed E-state index contributed by atoms with van der Waals surface area (Å²) in [5.41, 5.74) is 1.34. The maximum atomic E-state index is 13.5. The average molecular weight is 417 g/mol. The molecular formula is C24H24FN5O. The maximum Gasteiger partial charge on any atom is 0.256 e. The van der Waals surface area contributed by atoms with Crippen LogP contribution in [0.4, 0.5) is 10.2 Å². The second kappa shape index (κ2) is 8.12. The first-order valence-corrected chi connectivity index (χ1v) is 10.8. The summed E-state index contributed by atoms with van der Waals surface area (Å²) in [6, 6.07) is 12.8. The molecule has 31 heavy (non-hydrogen) atoms. The normalized spacial score (nSPS) is 22.0. The van der Waals surface area contributed by atoms with Crippen LogP contribution in [0.5, 0.6) is 0 Å². The van der Waals surface area contributed by atoms with Crippen molar-refractivity contribution in [1.29, 1.82) is 5.26 Å². The first-order valence-electron chi connectivity index (χ1n) is 10.8. The molecule has 0 spiro atoms. The summed E-state index contributed by atoms with van der Waals surface area (Å²) in [5.74, 6) is 0.862. The number of aromatic amines is 1. The van der Waals surface area contributed by atoms with Gasteiger partial charge in [0.25, 0.3) is 5.56 Å². The molecule has 6 nitrogen and oxygen atoms in total. The van der Waals surface area contributed by atoms with Gasteiger partial charge in [0.15, 0.2) is 0 Å². The van der Waals surface area contributed by atoms with E-state index in [0.717, 1.165) is 62.3 Å². The van der Waals surface area contributed by atoms with Crippen molar-refractivity contribution in [2.24, 2.45) is 0 Å². The predicted molar refractivity (Wildman–Crippen MR) is 118 cm³/mol. The van der Waals surface area contributed by atoms with Crippen molar-refractivity contribution in [3.8, 4) is 6.07 Å². The lowest BCUT2D eigenvalue weighted by Crippen LogP contribution is -2.50. The minimum atomic E-state index is -0.387. The van der Waals surface area contributed by atoms with E-state index in [-0.39, 0.29) is 11.4 Å². The third-order valence-corrected chi connectivity index (χ3v) is 6.71. The number of nitrogens with zero attached hydrogens (tertiary/aromatic N) is 4. The summed E-state index contributed by atoms with van der Waals surface area (Å²) in [6.07, 6.45) is 4.81. The van der Waals surface area contributed by atoms with E-state index in [2.05, 4.69) is 25.8 Å². The molecule has 1 aliphatic carbocycles. The maximum absolute atomic E-state index is 13.5. The number of pyridine rings is 2. The van der Waals surface area contributed by atoms with Crippen LogP contribution in [0.25, 0.3) is 10.8 Å². The van der Waals surface area contributed by atoms with Gasteiger partial charge in [-0.3, -0.25) is 9.69 Å². The molecule has 0 unspecified atom stereocenters. The molecule has 158 valence electrons. The van der Waals surface area contributed by atoms with Gasteiger partial charge in [0, 0.05) is 55.4 Å². The third kappa shape index (κ3) is 3.91. The lowest BCUT2D eigenvalue weighted by molar-refractivity contribution is 0.186. The number of anilines is 1. The zero-order valence-electron chi connectivity index (χ0n) is 17.2. The van der Waals surface area contributed by atoms with Crippen LogP contribution in [0.15, 0.2) is 47.4 Å². The third-order valence-electron chi connectivity index (χ3n) is 6.71. The number of nitriles is 1. The number of nitrogens with one attached hydrogen (secondary N) is 1. The smallest absolute Gasteiger partial charge is 0.256 e. The molecule has 3 aromatic rings. The van der Waals surface area contributed by atoms with Crippen molar-refractivity contribution in [2.75, 3.05) is 31.1 Å². The highest BCUT2D eigenvalue weighted by atomic mass is 19.1. The Morgan fingerprint density at radius 1 is 1.10 bits per heavy atom. The molecule has 2 fully saturated rings. The number of halogens is 1. The summed E-state index contributed by atoms with van der Waals surface area (Å²) in [5, 5.41) is 10.1. The first-order chi connectivity index (χ1) is 15.1. The molecule has 2 aliphatic rings. The van der Waals surface area contributed by atoms with Gasteiger partial charge in [0.2, 0.25) is 0 Å². The standard InChI is InChI=1S/C24H24FN5O/c25-19-4-2-17-12-22(28-24(31)21(17)13-19)18-3-5-20(11-18)29-7-9-30(10-8-29)23-6-1-16(14-26)15-27-23/h1-2,4,6,12-13,15,18,20H,3,5,7-11H2,(H,28,31)/t18-,20-/m1/s1. The van der Waals surface area contributed by atoms with Gasteiger partial charge in [-0.1, -0.05) is 6.07 Å². The Morgan fingerprint density at radius 3 is 2.68 bits per heavy atom. The lowest BCUT2D eigenvalue weighted by Gasteiger charge is -2.38. The number of hydrogen-bond acceptors (Lipinski definition) is 5. The number of H-pyrrole nitrogens is 1. The molecule has 7 heteroatoms. The molecule has 0 radical (unpaired) electrons. The second-order valence-electron chi connectivity index (χ2n) is 8.49. The van der Waals surface area contributed by atoms with Crippen LogP contribution in [0.1, 0.15) is 36.4 Å². The molecule has 2 aromatic heterocycles. The van der Waals surface area contributed by atoms with Gasteiger partial charge in [0.1, 0.15) is 17.7 Å². The molecule has 3 heterocycles. The molecule has 1 saturated heterocycles. The fourth-order valence-corrected chi connectivity index (χ4v) is 5.00. The quantitative estimate of drug-likeness (QED) is 0.707. The largest absolute Gasteiger partial charge is 0.354 e. The Hall–Kier alpha value is -3.24. The minimum Gasteiger partial charge on any atom is -0.354 e. The minimum absolute atomic E-state index is 0.209. The lowest BCUT2D eigenvalue weighted by atomic mass is 10.0.